The first-order chi connectivity index (χ1) is 11.0. The Bertz CT molecular complexity index is 574. The van der Waals surface area contributed by atoms with E-state index in [1.165, 1.54) is 6.33 Å². The number of carbonyl (C=O) groups is 1. The van der Waals surface area contributed by atoms with Gasteiger partial charge in [-0.1, -0.05) is 13.8 Å². The molecular formula is C16H24N4O3. The summed E-state index contributed by atoms with van der Waals surface area (Å²) in [6.45, 7) is 4.95. The molecule has 0 aromatic carbocycles. The fourth-order valence-corrected chi connectivity index (χ4v) is 3.27. The number of hydrogen-bond donors (Lipinski definition) is 2. The van der Waals surface area contributed by atoms with Crippen LogP contribution in [-0.4, -0.2) is 57.4 Å². The second-order valence-electron chi connectivity index (χ2n) is 6.75. The molecule has 1 spiro atoms. The molecule has 1 atom stereocenters. The van der Waals surface area contributed by atoms with Crippen molar-refractivity contribution in [3.05, 3.63) is 18.2 Å². The van der Waals surface area contributed by atoms with Crippen LogP contribution in [0.5, 0.6) is 0 Å². The second-order valence-corrected chi connectivity index (χ2v) is 6.75. The molecule has 23 heavy (non-hydrogen) atoms. The summed E-state index contributed by atoms with van der Waals surface area (Å²) in [5.74, 6) is 0.196. The van der Waals surface area contributed by atoms with Crippen molar-refractivity contribution in [2.75, 3.05) is 25.0 Å². The Kier molecular flexibility index (Phi) is 4.50. The molecule has 1 saturated carbocycles. The summed E-state index contributed by atoms with van der Waals surface area (Å²) in [6.07, 6.45) is 5.80. The summed E-state index contributed by atoms with van der Waals surface area (Å²) < 4.78 is 5.96. The van der Waals surface area contributed by atoms with E-state index in [-0.39, 0.29) is 30.3 Å². The Morgan fingerprint density at radius 3 is 2.96 bits per heavy atom. The van der Waals surface area contributed by atoms with Crippen molar-refractivity contribution in [1.29, 1.82) is 0 Å². The molecule has 2 N–H and O–H groups in total. The van der Waals surface area contributed by atoms with E-state index in [0.29, 0.717) is 18.8 Å². The molecule has 0 radical (unpaired) electrons. The number of carbonyl (C=O) groups excluding carboxylic acids is 1. The lowest BCUT2D eigenvalue weighted by molar-refractivity contribution is -0.189. The van der Waals surface area contributed by atoms with Gasteiger partial charge in [0.15, 0.2) is 0 Å². The fraction of sp³-hybridized carbons (Fsp3) is 0.688. The van der Waals surface area contributed by atoms with Gasteiger partial charge < -0.3 is 20.1 Å². The Morgan fingerprint density at radius 1 is 1.57 bits per heavy atom. The average Bonchev–Trinajstić information content (AvgIpc) is 2.53. The quantitative estimate of drug-likeness (QED) is 0.886. The number of aliphatic hydroxyl groups is 1. The smallest absolute Gasteiger partial charge is 0.322 e. The highest BCUT2D eigenvalue weighted by atomic mass is 16.5. The van der Waals surface area contributed by atoms with E-state index in [0.717, 1.165) is 25.0 Å². The third kappa shape index (κ3) is 3.30. The predicted octanol–water partition coefficient (Wildman–Crippen LogP) is 1.75. The minimum absolute atomic E-state index is 0.0722. The van der Waals surface area contributed by atoms with Crippen molar-refractivity contribution < 1.29 is 14.6 Å². The van der Waals surface area contributed by atoms with Crippen LogP contribution in [0.3, 0.4) is 0 Å². The number of hydrogen-bond acceptors (Lipinski definition) is 5. The van der Waals surface area contributed by atoms with Crippen molar-refractivity contribution in [2.24, 2.45) is 0 Å². The number of urea groups is 1. The molecule has 7 heteroatoms. The summed E-state index contributed by atoms with van der Waals surface area (Å²) in [4.78, 5) is 22.6. The van der Waals surface area contributed by atoms with Gasteiger partial charge in [-0.15, -0.1) is 0 Å². The average molecular weight is 320 g/mol. The van der Waals surface area contributed by atoms with Gasteiger partial charge in [0.25, 0.3) is 0 Å². The van der Waals surface area contributed by atoms with E-state index in [1.807, 2.05) is 13.8 Å². The number of ether oxygens (including phenoxy) is 1. The molecule has 2 aliphatic rings. The van der Waals surface area contributed by atoms with Crippen molar-refractivity contribution in [3.8, 4) is 0 Å². The number of aliphatic hydroxyl groups excluding tert-OH is 1. The number of aromatic nitrogens is 2. The largest absolute Gasteiger partial charge is 0.394 e. The van der Waals surface area contributed by atoms with E-state index in [1.54, 1.807) is 11.1 Å². The van der Waals surface area contributed by atoms with Crippen molar-refractivity contribution >= 4 is 11.7 Å². The topological polar surface area (TPSA) is 87.6 Å². The molecule has 7 nitrogen and oxygen atoms in total. The van der Waals surface area contributed by atoms with Crippen molar-refractivity contribution in [1.82, 2.24) is 14.9 Å². The van der Waals surface area contributed by atoms with E-state index < -0.39 is 0 Å². The van der Waals surface area contributed by atoms with Gasteiger partial charge in [-0.25, -0.2) is 14.8 Å². The Balaban J connectivity index is 1.72. The molecule has 1 aliphatic carbocycles. The molecule has 1 saturated heterocycles. The highest BCUT2D eigenvalue weighted by Gasteiger charge is 2.46. The molecule has 2 fully saturated rings. The van der Waals surface area contributed by atoms with E-state index >= 15 is 0 Å². The molecule has 126 valence electrons. The van der Waals surface area contributed by atoms with Gasteiger partial charge in [0, 0.05) is 0 Å². The highest BCUT2D eigenvalue weighted by molar-refractivity contribution is 5.90. The molecule has 1 aromatic rings. The Morgan fingerprint density at radius 2 is 2.35 bits per heavy atom. The predicted molar refractivity (Wildman–Crippen MR) is 85.3 cm³/mol. The first kappa shape index (κ1) is 16.1. The normalized spacial score (nSPS) is 23.0. The van der Waals surface area contributed by atoms with Gasteiger partial charge in [-0.2, -0.15) is 0 Å². The SMILES string of the molecule is CC(C)c1ncncc1NC(=O)N1CC(CO)OC2(CCC2)C1. The van der Waals surface area contributed by atoms with Gasteiger partial charge in [0.1, 0.15) is 6.33 Å². The minimum atomic E-state index is -0.314. The van der Waals surface area contributed by atoms with E-state index in [4.69, 9.17) is 4.74 Å². The van der Waals surface area contributed by atoms with Crippen LogP contribution >= 0.6 is 0 Å². The summed E-state index contributed by atoms with van der Waals surface area (Å²) >= 11 is 0. The van der Waals surface area contributed by atoms with Gasteiger partial charge >= 0.3 is 6.03 Å². The Labute approximate surface area is 136 Å². The Hall–Kier alpha value is -1.73. The van der Waals surface area contributed by atoms with E-state index in [9.17, 15) is 9.90 Å². The molecule has 0 bridgehead atoms. The summed E-state index contributed by atoms with van der Waals surface area (Å²) in [7, 11) is 0. The molecule has 1 aliphatic heterocycles. The monoisotopic (exact) mass is 320 g/mol. The second kappa shape index (κ2) is 6.41. The lowest BCUT2D eigenvalue weighted by Crippen LogP contribution is -2.61. The maximum absolute atomic E-state index is 12.7. The zero-order chi connectivity index (χ0) is 16.4. The maximum Gasteiger partial charge on any atom is 0.322 e. The molecule has 1 aromatic heterocycles. The number of nitrogens with zero attached hydrogens (tertiary/aromatic N) is 3. The molecule has 1 unspecified atom stereocenters. The maximum atomic E-state index is 12.7. The lowest BCUT2D eigenvalue weighted by Gasteiger charge is -2.50. The lowest BCUT2D eigenvalue weighted by atomic mass is 9.78. The zero-order valence-electron chi connectivity index (χ0n) is 13.7. The summed E-state index contributed by atoms with van der Waals surface area (Å²) in [5, 5.41) is 12.4. The number of nitrogens with one attached hydrogen (secondary N) is 1. The van der Waals surface area contributed by atoms with Crippen LogP contribution in [0.2, 0.25) is 0 Å². The van der Waals surface area contributed by atoms with Gasteiger partial charge in [0.05, 0.1) is 49.0 Å². The summed E-state index contributed by atoms with van der Waals surface area (Å²) in [6, 6.07) is -0.185. The summed E-state index contributed by atoms with van der Waals surface area (Å²) in [5.41, 5.74) is 1.19. The minimum Gasteiger partial charge on any atom is -0.394 e. The van der Waals surface area contributed by atoms with Crippen LogP contribution in [-0.2, 0) is 4.74 Å². The third-order valence-electron chi connectivity index (χ3n) is 4.61. The zero-order valence-corrected chi connectivity index (χ0v) is 13.7. The van der Waals surface area contributed by atoms with Crippen LogP contribution in [0.1, 0.15) is 44.7 Å². The number of amides is 2. The molecule has 3 rings (SSSR count). The van der Waals surface area contributed by atoms with Gasteiger partial charge in [-0.3, -0.25) is 0 Å². The highest BCUT2D eigenvalue weighted by Crippen LogP contribution is 2.40. The van der Waals surface area contributed by atoms with Crippen molar-refractivity contribution in [3.63, 3.8) is 0 Å². The first-order valence-electron chi connectivity index (χ1n) is 8.17. The number of rotatable bonds is 3. The van der Waals surface area contributed by atoms with Crippen molar-refractivity contribution in [2.45, 2.75) is 50.7 Å². The van der Waals surface area contributed by atoms with Crippen LogP contribution in [0, 0.1) is 0 Å². The number of anilines is 1. The van der Waals surface area contributed by atoms with Crippen LogP contribution in [0.25, 0.3) is 0 Å². The number of morpholine rings is 1. The molecule has 2 amide bonds. The fourth-order valence-electron chi connectivity index (χ4n) is 3.27. The first-order valence-corrected chi connectivity index (χ1v) is 8.17. The van der Waals surface area contributed by atoms with Gasteiger partial charge in [-0.05, 0) is 25.2 Å². The van der Waals surface area contributed by atoms with Crippen LogP contribution in [0.15, 0.2) is 12.5 Å². The van der Waals surface area contributed by atoms with Gasteiger partial charge in [0.2, 0.25) is 0 Å². The molecule has 2 heterocycles. The van der Waals surface area contributed by atoms with E-state index in [2.05, 4.69) is 15.3 Å². The van der Waals surface area contributed by atoms with Crippen LogP contribution < -0.4 is 5.32 Å². The van der Waals surface area contributed by atoms with Crippen LogP contribution in [0.4, 0.5) is 10.5 Å². The molecular weight excluding hydrogens is 296 g/mol. The third-order valence-corrected chi connectivity index (χ3v) is 4.61. The standard InChI is InChI=1S/C16H24N4O3/c1-11(2)14-13(6-17-10-18-14)19-15(22)20-7-12(8-21)23-16(9-20)4-3-5-16/h6,10-12,21H,3-5,7-9H2,1-2H3,(H,19,22).